The van der Waals surface area contributed by atoms with Gasteiger partial charge < -0.3 is 15.2 Å². The molecule has 0 aliphatic heterocycles. The van der Waals surface area contributed by atoms with Gasteiger partial charge in [0.2, 0.25) is 0 Å². The van der Waals surface area contributed by atoms with Gasteiger partial charge in [-0.1, -0.05) is 29.8 Å². The Kier molecular flexibility index (Phi) is 5.42. The van der Waals surface area contributed by atoms with Gasteiger partial charge in [-0.25, -0.2) is 4.39 Å². The van der Waals surface area contributed by atoms with Crippen LogP contribution in [-0.4, -0.2) is 6.61 Å². The molecular weight excluding hydrogens is 293 g/mol. The average Bonchev–Trinajstić information content (AvgIpc) is 2.49. The third-order valence-corrected chi connectivity index (χ3v) is 3.25. The monoisotopic (exact) mass is 309 g/mol. The highest BCUT2D eigenvalue weighted by Gasteiger charge is 2.11. The largest absolute Gasteiger partial charge is 0.490 e. The van der Waals surface area contributed by atoms with Crippen LogP contribution in [0, 0.1) is 5.82 Å². The van der Waals surface area contributed by atoms with Crippen molar-refractivity contribution in [3.8, 4) is 11.5 Å². The molecule has 0 saturated heterocycles. The van der Waals surface area contributed by atoms with Gasteiger partial charge in [0.15, 0.2) is 11.5 Å². The van der Waals surface area contributed by atoms with Gasteiger partial charge in [-0.15, -0.1) is 0 Å². The zero-order valence-corrected chi connectivity index (χ0v) is 12.5. The molecule has 112 valence electrons. The molecule has 5 heteroatoms. The van der Waals surface area contributed by atoms with E-state index in [0.717, 1.165) is 5.56 Å². The summed E-state index contributed by atoms with van der Waals surface area (Å²) in [5, 5.41) is 0.0936. The van der Waals surface area contributed by atoms with Crippen molar-refractivity contribution in [3.63, 3.8) is 0 Å². The van der Waals surface area contributed by atoms with Crippen molar-refractivity contribution in [2.75, 3.05) is 6.61 Å². The zero-order chi connectivity index (χ0) is 15.2. The molecular formula is C16H17ClFNO2. The van der Waals surface area contributed by atoms with Crippen LogP contribution in [0.1, 0.15) is 18.1 Å². The van der Waals surface area contributed by atoms with Crippen LogP contribution in [0.4, 0.5) is 4.39 Å². The molecule has 2 N–H and O–H groups in total. The van der Waals surface area contributed by atoms with Crippen LogP contribution in [0.3, 0.4) is 0 Å². The maximum atomic E-state index is 13.4. The number of ether oxygens (including phenoxy) is 2. The molecule has 0 radical (unpaired) electrons. The fourth-order valence-electron chi connectivity index (χ4n) is 1.94. The summed E-state index contributed by atoms with van der Waals surface area (Å²) in [6, 6.07) is 10.1. The van der Waals surface area contributed by atoms with Gasteiger partial charge in [-0.2, -0.15) is 0 Å². The molecule has 0 saturated carbocycles. The van der Waals surface area contributed by atoms with Gasteiger partial charge in [0.05, 0.1) is 11.6 Å². The van der Waals surface area contributed by atoms with E-state index in [4.69, 9.17) is 26.8 Å². The Morgan fingerprint density at radius 1 is 1.19 bits per heavy atom. The van der Waals surface area contributed by atoms with Crippen molar-refractivity contribution in [2.24, 2.45) is 5.73 Å². The Balaban J connectivity index is 2.20. The first-order chi connectivity index (χ1) is 10.2. The molecule has 2 aromatic rings. The number of halogens is 2. The highest BCUT2D eigenvalue weighted by molar-refractivity contribution is 6.30. The number of hydrogen-bond donors (Lipinski definition) is 1. The number of hydrogen-bond acceptors (Lipinski definition) is 3. The van der Waals surface area contributed by atoms with E-state index >= 15 is 0 Å². The minimum Gasteiger partial charge on any atom is -0.490 e. The summed E-state index contributed by atoms with van der Waals surface area (Å²) < 4.78 is 24.7. The second-order valence-corrected chi connectivity index (χ2v) is 4.83. The average molecular weight is 310 g/mol. The second-order valence-electron chi connectivity index (χ2n) is 4.42. The number of benzene rings is 2. The maximum Gasteiger partial charge on any atom is 0.166 e. The van der Waals surface area contributed by atoms with Gasteiger partial charge in [-0.3, -0.25) is 0 Å². The van der Waals surface area contributed by atoms with Crippen LogP contribution >= 0.6 is 11.6 Å². The van der Waals surface area contributed by atoms with Crippen LogP contribution in [-0.2, 0) is 13.2 Å². The van der Waals surface area contributed by atoms with E-state index in [1.165, 1.54) is 12.1 Å². The van der Waals surface area contributed by atoms with Gasteiger partial charge in [0, 0.05) is 12.1 Å². The Bertz CT molecular complexity index is 619. The van der Waals surface area contributed by atoms with Crippen molar-refractivity contribution in [2.45, 2.75) is 20.1 Å². The van der Waals surface area contributed by atoms with E-state index < -0.39 is 5.82 Å². The smallest absolute Gasteiger partial charge is 0.166 e. The maximum absolute atomic E-state index is 13.4. The lowest BCUT2D eigenvalue weighted by Gasteiger charge is -2.15. The third-order valence-electron chi connectivity index (χ3n) is 2.95. The number of nitrogens with two attached hydrogens (primary N) is 1. The summed E-state index contributed by atoms with van der Waals surface area (Å²) in [6.07, 6.45) is 0. The van der Waals surface area contributed by atoms with E-state index in [1.54, 1.807) is 6.07 Å². The molecule has 0 unspecified atom stereocenters. The van der Waals surface area contributed by atoms with Crippen LogP contribution in [0.2, 0.25) is 5.02 Å². The molecule has 0 aliphatic carbocycles. The Labute approximate surface area is 128 Å². The van der Waals surface area contributed by atoms with Crippen molar-refractivity contribution >= 4 is 11.6 Å². The lowest BCUT2D eigenvalue weighted by molar-refractivity contribution is 0.266. The molecule has 21 heavy (non-hydrogen) atoms. The van der Waals surface area contributed by atoms with Crippen LogP contribution in [0.15, 0.2) is 36.4 Å². The number of rotatable bonds is 6. The summed E-state index contributed by atoms with van der Waals surface area (Å²) in [6.45, 7) is 2.98. The van der Waals surface area contributed by atoms with Crippen molar-refractivity contribution in [1.29, 1.82) is 0 Å². The zero-order valence-electron chi connectivity index (χ0n) is 11.7. The van der Waals surface area contributed by atoms with E-state index in [-0.39, 0.29) is 11.6 Å². The minimum atomic E-state index is -0.463. The summed E-state index contributed by atoms with van der Waals surface area (Å²) in [5.74, 6) is 0.766. The molecule has 3 nitrogen and oxygen atoms in total. The summed E-state index contributed by atoms with van der Waals surface area (Å²) in [4.78, 5) is 0. The number of para-hydroxylation sites is 1. The molecule has 0 fully saturated rings. The predicted molar refractivity (Wildman–Crippen MR) is 81.2 cm³/mol. The molecule has 0 aromatic heterocycles. The fourth-order valence-corrected chi connectivity index (χ4v) is 2.06. The summed E-state index contributed by atoms with van der Waals surface area (Å²) in [7, 11) is 0. The lowest BCUT2D eigenvalue weighted by Crippen LogP contribution is -2.05. The quantitative estimate of drug-likeness (QED) is 0.879. The minimum absolute atomic E-state index is 0.0936. The van der Waals surface area contributed by atoms with Crippen LogP contribution in [0.5, 0.6) is 11.5 Å². The van der Waals surface area contributed by atoms with E-state index in [2.05, 4.69) is 0 Å². The molecule has 0 spiro atoms. The molecule has 0 bridgehead atoms. The summed E-state index contributed by atoms with van der Waals surface area (Å²) >= 11 is 5.66. The summed E-state index contributed by atoms with van der Waals surface area (Å²) in [5.41, 5.74) is 7.24. The first-order valence-electron chi connectivity index (χ1n) is 6.67. The molecule has 2 aromatic carbocycles. The van der Waals surface area contributed by atoms with E-state index in [0.29, 0.717) is 30.2 Å². The predicted octanol–water partition coefficient (Wildman–Crippen LogP) is 3.92. The highest BCUT2D eigenvalue weighted by atomic mass is 35.5. The second kappa shape index (κ2) is 7.29. The highest BCUT2D eigenvalue weighted by Crippen LogP contribution is 2.32. The van der Waals surface area contributed by atoms with Gasteiger partial charge in [-0.05, 0) is 30.7 Å². The Hall–Kier alpha value is -1.78. The van der Waals surface area contributed by atoms with Gasteiger partial charge >= 0.3 is 0 Å². The van der Waals surface area contributed by atoms with Crippen LogP contribution < -0.4 is 15.2 Å². The SMILES string of the molecule is CCOc1cccc(CN)c1OCc1ccc(Cl)c(F)c1. The van der Waals surface area contributed by atoms with Crippen molar-refractivity contribution < 1.29 is 13.9 Å². The van der Waals surface area contributed by atoms with E-state index in [1.807, 2.05) is 25.1 Å². The first kappa shape index (κ1) is 15.6. The van der Waals surface area contributed by atoms with Gasteiger partial charge in [0.25, 0.3) is 0 Å². The topological polar surface area (TPSA) is 44.5 Å². The molecule has 0 amide bonds. The molecule has 0 heterocycles. The first-order valence-corrected chi connectivity index (χ1v) is 7.05. The normalized spacial score (nSPS) is 10.5. The lowest BCUT2D eigenvalue weighted by atomic mass is 10.2. The van der Waals surface area contributed by atoms with Crippen molar-refractivity contribution in [1.82, 2.24) is 0 Å². The van der Waals surface area contributed by atoms with Crippen LogP contribution in [0.25, 0.3) is 0 Å². The Morgan fingerprint density at radius 3 is 2.67 bits per heavy atom. The fraction of sp³-hybridized carbons (Fsp3) is 0.250. The molecule has 0 aliphatic rings. The van der Waals surface area contributed by atoms with Gasteiger partial charge in [0.1, 0.15) is 12.4 Å². The standard InChI is InChI=1S/C16H17ClFNO2/c1-2-20-15-5-3-4-12(9-19)16(15)21-10-11-6-7-13(17)14(18)8-11/h3-8H,2,9-10,19H2,1H3. The van der Waals surface area contributed by atoms with Crippen molar-refractivity contribution in [3.05, 3.63) is 58.4 Å². The molecule has 0 atom stereocenters. The Morgan fingerprint density at radius 2 is 2.00 bits per heavy atom. The molecule has 2 rings (SSSR count). The third kappa shape index (κ3) is 3.86. The van der Waals surface area contributed by atoms with E-state index in [9.17, 15) is 4.39 Å².